The molecule has 4 nitrogen and oxygen atoms in total. The fourth-order valence-corrected chi connectivity index (χ4v) is 4.90. The third-order valence-electron chi connectivity index (χ3n) is 7.84. The van der Waals surface area contributed by atoms with Crippen molar-refractivity contribution in [3.8, 4) is 22.8 Å². The van der Waals surface area contributed by atoms with Crippen LogP contribution in [0.2, 0.25) is 0 Å². The van der Waals surface area contributed by atoms with Crippen molar-refractivity contribution in [1.82, 2.24) is 4.98 Å². The molecule has 0 saturated heterocycles. The zero-order valence-electron chi connectivity index (χ0n) is 28.1. The highest BCUT2D eigenvalue weighted by Crippen LogP contribution is 2.30. The average Bonchev–Trinajstić information content (AvgIpc) is 3.57. The maximum Gasteiger partial charge on any atom is 0.226 e. The van der Waals surface area contributed by atoms with E-state index in [-0.39, 0.29) is 0 Å². The molecule has 2 N–H and O–H groups in total. The zero-order chi connectivity index (χ0) is 32.4. The van der Waals surface area contributed by atoms with Crippen molar-refractivity contribution in [3.63, 3.8) is 0 Å². The van der Waals surface area contributed by atoms with Crippen molar-refractivity contribution in [2.24, 2.45) is 16.6 Å². The summed E-state index contributed by atoms with van der Waals surface area (Å²) in [6, 6.07) is 35.2. The number of aliphatic imine (C=N–C) groups is 1. The number of rotatable bonds is 10. The highest BCUT2D eigenvalue weighted by atomic mass is 16.4. The molecule has 1 aromatic heterocycles. The van der Waals surface area contributed by atoms with Gasteiger partial charge in [-0.2, -0.15) is 0 Å². The van der Waals surface area contributed by atoms with Crippen LogP contribution in [-0.4, -0.2) is 10.8 Å². The fraction of sp³-hybridized carbons (Fsp3) is 0.317. The van der Waals surface area contributed by atoms with Crippen LogP contribution in [0.3, 0.4) is 0 Å². The molecule has 4 heteroatoms. The molecule has 0 amide bonds. The molecule has 1 atom stereocenters. The Morgan fingerprint density at radius 3 is 1.84 bits per heavy atom. The van der Waals surface area contributed by atoms with Crippen molar-refractivity contribution < 1.29 is 4.42 Å². The summed E-state index contributed by atoms with van der Waals surface area (Å²) in [7, 11) is 0. The number of oxazole rings is 1. The molecule has 0 bridgehead atoms. The third kappa shape index (κ3) is 11.9. The number of amidine groups is 1. The molecule has 4 aromatic carbocycles. The van der Waals surface area contributed by atoms with Crippen molar-refractivity contribution in [2.45, 2.75) is 80.1 Å². The molecular weight excluding hydrogens is 550 g/mol. The van der Waals surface area contributed by atoms with E-state index in [2.05, 4.69) is 100 Å². The van der Waals surface area contributed by atoms with E-state index in [4.69, 9.17) is 15.1 Å². The lowest BCUT2D eigenvalue weighted by atomic mass is 9.96. The van der Waals surface area contributed by atoms with Crippen LogP contribution in [0.25, 0.3) is 22.8 Å². The molecule has 0 aliphatic carbocycles. The first-order valence-corrected chi connectivity index (χ1v) is 16.4. The van der Waals surface area contributed by atoms with Crippen molar-refractivity contribution in [1.29, 1.82) is 0 Å². The van der Waals surface area contributed by atoms with Gasteiger partial charge in [-0.3, -0.25) is 0 Å². The summed E-state index contributed by atoms with van der Waals surface area (Å²) < 4.78 is 6.02. The topological polar surface area (TPSA) is 64.4 Å². The van der Waals surface area contributed by atoms with Gasteiger partial charge in [0.05, 0.1) is 17.7 Å². The van der Waals surface area contributed by atoms with Gasteiger partial charge in [-0.1, -0.05) is 144 Å². The monoisotopic (exact) mass is 601 g/mol. The Bertz CT molecular complexity index is 1510. The lowest BCUT2D eigenvalue weighted by Gasteiger charge is -2.13. The van der Waals surface area contributed by atoms with E-state index in [1.54, 1.807) is 6.20 Å². The molecule has 0 spiro atoms. The summed E-state index contributed by atoms with van der Waals surface area (Å²) >= 11 is 0. The van der Waals surface area contributed by atoms with Gasteiger partial charge >= 0.3 is 0 Å². The van der Waals surface area contributed by atoms with Crippen LogP contribution in [0, 0.1) is 19.8 Å². The number of hydrogen-bond donors (Lipinski definition) is 1. The predicted octanol–water partition coefficient (Wildman–Crippen LogP) is 11.3. The SMILES string of the molecule is CCCC(CC)CC(N)=Nc1cc(-c2ncc(-c3ccc(C)cc3)o2)ccc1C.CCc1ccccc1.CCc1ccccc1. The summed E-state index contributed by atoms with van der Waals surface area (Å²) in [5.74, 6) is 2.64. The molecular formula is C41H51N3O. The van der Waals surface area contributed by atoms with Crippen molar-refractivity contribution in [2.75, 3.05) is 0 Å². The molecule has 5 aromatic rings. The molecule has 1 unspecified atom stereocenters. The Morgan fingerprint density at radius 1 is 0.756 bits per heavy atom. The second-order valence-electron chi connectivity index (χ2n) is 11.4. The number of aromatic nitrogens is 1. The number of nitrogens with zero attached hydrogens (tertiary/aromatic N) is 2. The molecule has 0 aliphatic heterocycles. The van der Waals surface area contributed by atoms with Gasteiger partial charge in [0.25, 0.3) is 0 Å². The molecule has 1 heterocycles. The largest absolute Gasteiger partial charge is 0.436 e. The van der Waals surface area contributed by atoms with E-state index < -0.39 is 0 Å². The van der Waals surface area contributed by atoms with Gasteiger partial charge in [-0.05, 0) is 61.4 Å². The number of hydrogen-bond acceptors (Lipinski definition) is 3. The molecule has 0 radical (unpaired) electrons. The Kier molecular flexibility index (Phi) is 14.8. The van der Waals surface area contributed by atoms with Crippen LogP contribution in [-0.2, 0) is 12.8 Å². The van der Waals surface area contributed by atoms with Gasteiger partial charge in [-0.25, -0.2) is 9.98 Å². The second kappa shape index (κ2) is 19.1. The number of aryl methyl sites for hydroxylation is 4. The summed E-state index contributed by atoms with van der Waals surface area (Å²) in [6.07, 6.45) is 8.37. The fourth-order valence-electron chi connectivity index (χ4n) is 4.90. The number of nitrogens with two attached hydrogens (primary N) is 1. The minimum atomic E-state index is 0.591. The van der Waals surface area contributed by atoms with Gasteiger partial charge in [0.1, 0.15) is 0 Å². The van der Waals surface area contributed by atoms with Crippen molar-refractivity contribution in [3.05, 3.63) is 132 Å². The van der Waals surface area contributed by atoms with Gasteiger partial charge in [0, 0.05) is 17.5 Å². The zero-order valence-corrected chi connectivity index (χ0v) is 28.1. The standard InChI is InChI=1S/C25H31N3O.2C8H10/c1-5-7-19(6-2)14-24(26)28-22-15-21(13-10-18(22)4)25-27-16-23(29-25)20-11-8-17(3)9-12-20;2*1-2-8-6-4-3-5-7-8/h8-13,15-16,19H,5-7,14H2,1-4H3,(H2,26,28);2*3-7H,2H2,1H3. The van der Waals surface area contributed by atoms with Gasteiger partial charge in [0.15, 0.2) is 5.76 Å². The molecule has 236 valence electrons. The Balaban J connectivity index is 0.000000278. The maximum absolute atomic E-state index is 6.27. The first kappa shape index (κ1) is 35.0. The lowest BCUT2D eigenvalue weighted by Crippen LogP contribution is -2.16. The molecule has 5 rings (SSSR count). The van der Waals surface area contributed by atoms with E-state index in [9.17, 15) is 0 Å². The van der Waals surface area contributed by atoms with Crippen LogP contribution < -0.4 is 5.73 Å². The van der Waals surface area contributed by atoms with Crippen LogP contribution in [0.1, 0.15) is 75.6 Å². The highest BCUT2D eigenvalue weighted by molar-refractivity contribution is 5.84. The van der Waals surface area contributed by atoms with Gasteiger partial charge in [-0.15, -0.1) is 0 Å². The first-order chi connectivity index (χ1) is 21.9. The minimum Gasteiger partial charge on any atom is -0.436 e. The first-order valence-electron chi connectivity index (χ1n) is 16.4. The van der Waals surface area contributed by atoms with E-state index in [0.29, 0.717) is 17.6 Å². The summed E-state index contributed by atoms with van der Waals surface area (Å²) in [5.41, 5.74) is 14.2. The molecule has 0 aliphatic rings. The summed E-state index contributed by atoms with van der Waals surface area (Å²) in [5, 5.41) is 0. The normalized spacial score (nSPS) is 11.6. The van der Waals surface area contributed by atoms with Crippen LogP contribution in [0.15, 0.2) is 119 Å². The quantitative estimate of drug-likeness (QED) is 0.128. The van der Waals surface area contributed by atoms with Crippen LogP contribution >= 0.6 is 0 Å². The molecule has 0 saturated carbocycles. The summed E-state index contributed by atoms with van der Waals surface area (Å²) in [6.45, 7) is 12.9. The molecule has 0 fully saturated rings. The predicted molar refractivity (Wildman–Crippen MR) is 193 cm³/mol. The van der Waals surface area contributed by atoms with E-state index in [1.807, 2.05) is 49.4 Å². The summed E-state index contributed by atoms with van der Waals surface area (Å²) in [4.78, 5) is 9.19. The smallest absolute Gasteiger partial charge is 0.226 e. The van der Waals surface area contributed by atoms with E-state index >= 15 is 0 Å². The number of benzene rings is 4. The third-order valence-corrected chi connectivity index (χ3v) is 7.84. The average molecular weight is 602 g/mol. The van der Waals surface area contributed by atoms with Gasteiger partial charge < -0.3 is 10.2 Å². The Labute approximate surface area is 271 Å². The minimum absolute atomic E-state index is 0.591. The van der Waals surface area contributed by atoms with Crippen molar-refractivity contribution >= 4 is 11.5 Å². The molecule has 45 heavy (non-hydrogen) atoms. The van der Waals surface area contributed by atoms with Gasteiger partial charge in [0.2, 0.25) is 5.89 Å². The van der Waals surface area contributed by atoms with E-state index in [1.165, 1.54) is 29.5 Å². The second-order valence-corrected chi connectivity index (χ2v) is 11.4. The lowest BCUT2D eigenvalue weighted by molar-refractivity contribution is 0.480. The maximum atomic E-state index is 6.27. The Morgan fingerprint density at radius 2 is 1.33 bits per heavy atom. The van der Waals surface area contributed by atoms with Crippen LogP contribution in [0.4, 0.5) is 5.69 Å². The highest BCUT2D eigenvalue weighted by Gasteiger charge is 2.12. The van der Waals surface area contributed by atoms with Crippen LogP contribution in [0.5, 0.6) is 0 Å². The Hall–Kier alpha value is -4.44. The van der Waals surface area contributed by atoms with E-state index in [0.717, 1.165) is 53.8 Å².